The van der Waals surface area contributed by atoms with Crippen molar-refractivity contribution in [3.05, 3.63) is 99.8 Å². The Labute approximate surface area is 208 Å². The van der Waals surface area contributed by atoms with Crippen molar-refractivity contribution in [2.75, 3.05) is 7.11 Å². The van der Waals surface area contributed by atoms with E-state index in [1.54, 1.807) is 20.1 Å². The summed E-state index contributed by atoms with van der Waals surface area (Å²) in [5.74, 6) is 0.670. The molecule has 1 aliphatic rings. The second-order valence-corrected chi connectivity index (χ2v) is 9.17. The number of methoxy groups -OCH3 is 1. The first-order chi connectivity index (χ1) is 17.3. The third kappa shape index (κ3) is 3.80. The Hall–Kier alpha value is -4.15. The van der Waals surface area contributed by atoms with Crippen LogP contribution in [0.4, 0.5) is 4.39 Å². The Kier molecular flexibility index (Phi) is 5.99. The Morgan fingerprint density at radius 2 is 1.97 bits per heavy atom. The number of aliphatic hydroxyl groups is 1. The first kappa shape index (κ1) is 23.6. The summed E-state index contributed by atoms with van der Waals surface area (Å²) in [6.07, 6.45) is 0.895. The summed E-state index contributed by atoms with van der Waals surface area (Å²) in [6.45, 7) is 5.98. The van der Waals surface area contributed by atoms with Crippen LogP contribution in [0.5, 0.6) is 11.5 Å². The van der Waals surface area contributed by atoms with Gasteiger partial charge in [-0.15, -0.1) is 0 Å². The SMILES string of the molecule is COc1cccn2c(C(O)c3ccc4c(c3)COc3cc(F)ccc3/C4=C(/C)C#N)c(C(C)C)nc12. The molecule has 182 valence electrons. The smallest absolute Gasteiger partial charge is 0.180 e. The molecule has 1 N–H and O–H groups in total. The highest BCUT2D eigenvalue weighted by molar-refractivity contribution is 5.88. The number of fused-ring (bicyclic) bond motifs is 3. The van der Waals surface area contributed by atoms with Crippen LogP contribution in [0.1, 0.15) is 66.4 Å². The number of allylic oxidation sites excluding steroid dienone is 1. The highest BCUT2D eigenvalue weighted by atomic mass is 19.1. The lowest BCUT2D eigenvalue weighted by molar-refractivity contribution is 0.212. The molecule has 0 amide bonds. The first-order valence-electron chi connectivity index (χ1n) is 11.7. The average Bonchev–Trinajstić information content (AvgIpc) is 3.20. The second-order valence-electron chi connectivity index (χ2n) is 9.17. The minimum absolute atomic E-state index is 0.0700. The fourth-order valence-electron chi connectivity index (χ4n) is 4.82. The van der Waals surface area contributed by atoms with Gasteiger partial charge in [-0.05, 0) is 59.9 Å². The van der Waals surface area contributed by atoms with Crippen LogP contribution in [0.2, 0.25) is 0 Å². The van der Waals surface area contributed by atoms with E-state index in [0.29, 0.717) is 45.1 Å². The van der Waals surface area contributed by atoms with Gasteiger partial charge in [0.2, 0.25) is 0 Å². The van der Waals surface area contributed by atoms with Crippen LogP contribution in [-0.4, -0.2) is 21.6 Å². The summed E-state index contributed by atoms with van der Waals surface area (Å²) in [5.41, 5.74) is 6.23. The normalized spacial score (nSPS) is 14.9. The van der Waals surface area contributed by atoms with Crippen molar-refractivity contribution >= 4 is 11.2 Å². The molecule has 0 bridgehead atoms. The summed E-state index contributed by atoms with van der Waals surface area (Å²) in [5, 5.41) is 21.3. The van der Waals surface area contributed by atoms with Crippen molar-refractivity contribution in [1.82, 2.24) is 9.38 Å². The summed E-state index contributed by atoms with van der Waals surface area (Å²) in [4.78, 5) is 4.79. The van der Waals surface area contributed by atoms with E-state index in [2.05, 4.69) is 6.07 Å². The quantitative estimate of drug-likeness (QED) is 0.364. The van der Waals surface area contributed by atoms with E-state index in [-0.39, 0.29) is 12.5 Å². The van der Waals surface area contributed by atoms with Crippen molar-refractivity contribution in [1.29, 1.82) is 5.26 Å². The van der Waals surface area contributed by atoms with E-state index in [0.717, 1.165) is 16.8 Å². The third-order valence-corrected chi connectivity index (χ3v) is 6.56. The van der Waals surface area contributed by atoms with Gasteiger partial charge < -0.3 is 14.6 Å². The lowest BCUT2D eigenvalue weighted by Gasteiger charge is -2.17. The highest BCUT2D eigenvalue weighted by Crippen LogP contribution is 2.40. The zero-order valence-corrected chi connectivity index (χ0v) is 20.5. The maximum absolute atomic E-state index is 14.0. The Bertz CT molecular complexity index is 1560. The standard InChI is InChI=1S/C29H26FN3O3/c1-16(2)26-27(33-11-5-6-23(35-4)29(33)32-26)28(34)18-7-9-21-19(12-18)15-36-24-13-20(30)8-10-22(24)25(21)17(3)14-31/h5-13,16,28,34H,15H2,1-4H3/b25-17-. The van der Waals surface area contributed by atoms with Crippen molar-refractivity contribution in [3.8, 4) is 17.6 Å². The summed E-state index contributed by atoms with van der Waals surface area (Å²) in [6, 6.07) is 15.9. The number of nitriles is 1. The number of benzene rings is 2. The molecule has 0 fully saturated rings. The number of imidazole rings is 1. The van der Waals surface area contributed by atoms with Gasteiger partial charge in [-0.3, -0.25) is 4.40 Å². The Balaban J connectivity index is 1.66. The van der Waals surface area contributed by atoms with Crippen LogP contribution in [0, 0.1) is 17.1 Å². The third-order valence-electron chi connectivity index (χ3n) is 6.56. The number of hydrogen-bond donors (Lipinski definition) is 1. The van der Waals surface area contributed by atoms with E-state index in [4.69, 9.17) is 14.5 Å². The maximum Gasteiger partial charge on any atom is 0.180 e. The van der Waals surface area contributed by atoms with E-state index in [1.807, 2.05) is 54.8 Å². The number of aliphatic hydroxyl groups excluding tert-OH is 1. The Morgan fingerprint density at radius 1 is 1.19 bits per heavy atom. The minimum Gasteiger partial charge on any atom is -0.493 e. The zero-order valence-electron chi connectivity index (χ0n) is 20.5. The minimum atomic E-state index is -0.970. The van der Waals surface area contributed by atoms with Gasteiger partial charge in [0.1, 0.15) is 24.3 Å². The molecule has 0 aliphatic carbocycles. The number of rotatable bonds is 4. The van der Waals surface area contributed by atoms with Crippen LogP contribution >= 0.6 is 0 Å². The maximum atomic E-state index is 14.0. The number of nitrogens with zero attached hydrogens (tertiary/aromatic N) is 3. The van der Waals surface area contributed by atoms with Gasteiger partial charge in [0.05, 0.1) is 24.6 Å². The van der Waals surface area contributed by atoms with E-state index in [1.165, 1.54) is 12.1 Å². The van der Waals surface area contributed by atoms with E-state index >= 15 is 0 Å². The summed E-state index contributed by atoms with van der Waals surface area (Å²) >= 11 is 0. The average molecular weight is 484 g/mol. The molecule has 1 aliphatic heterocycles. The predicted octanol–water partition coefficient (Wildman–Crippen LogP) is 5.92. The molecule has 3 heterocycles. The van der Waals surface area contributed by atoms with Gasteiger partial charge >= 0.3 is 0 Å². The lowest BCUT2D eigenvalue weighted by atomic mass is 9.89. The largest absolute Gasteiger partial charge is 0.493 e. The van der Waals surface area contributed by atoms with Crippen molar-refractivity contribution < 1.29 is 19.0 Å². The molecule has 7 heteroatoms. The molecular weight excluding hydrogens is 457 g/mol. The van der Waals surface area contributed by atoms with Crippen molar-refractivity contribution in [2.45, 2.75) is 39.4 Å². The van der Waals surface area contributed by atoms with Gasteiger partial charge in [-0.2, -0.15) is 5.26 Å². The van der Waals surface area contributed by atoms with Gasteiger partial charge in [0, 0.05) is 29.0 Å². The van der Waals surface area contributed by atoms with Gasteiger partial charge in [0.15, 0.2) is 11.4 Å². The fraction of sp³-hybridized carbons (Fsp3) is 0.241. The number of halogens is 1. The number of hydrogen-bond acceptors (Lipinski definition) is 5. The molecule has 0 saturated carbocycles. The van der Waals surface area contributed by atoms with Crippen LogP contribution in [0.3, 0.4) is 0 Å². The van der Waals surface area contributed by atoms with Crippen LogP contribution in [0.15, 0.2) is 60.3 Å². The van der Waals surface area contributed by atoms with Crippen LogP contribution in [-0.2, 0) is 6.61 Å². The molecule has 0 spiro atoms. The fourth-order valence-corrected chi connectivity index (χ4v) is 4.82. The van der Waals surface area contributed by atoms with E-state index < -0.39 is 11.9 Å². The molecule has 0 saturated heterocycles. The number of aromatic nitrogens is 2. The molecule has 0 radical (unpaired) electrons. The van der Waals surface area contributed by atoms with E-state index in [9.17, 15) is 14.8 Å². The first-order valence-corrected chi connectivity index (χ1v) is 11.7. The molecule has 5 rings (SSSR count). The highest BCUT2D eigenvalue weighted by Gasteiger charge is 2.27. The summed E-state index contributed by atoms with van der Waals surface area (Å²) in [7, 11) is 1.60. The second kappa shape index (κ2) is 9.14. The van der Waals surface area contributed by atoms with Crippen LogP contribution < -0.4 is 9.47 Å². The molecule has 6 nitrogen and oxygen atoms in total. The monoisotopic (exact) mass is 483 g/mol. The van der Waals surface area contributed by atoms with Crippen molar-refractivity contribution in [2.24, 2.45) is 0 Å². The molecule has 1 unspecified atom stereocenters. The van der Waals surface area contributed by atoms with Crippen molar-refractivity contribution in [3.63, 3.8) is 0 Å². The molecule has 2 aromatic carbocycles. The van der Waals surface area contributed by atoms with Gasteiger partial charge in [0.25, 0.3) is 0 Å². The molecule has 1 atom stereocenters. The predicted molar refractivity (Wildman–Crippen MR) is 134 cm³/mol. The molecule has 4 aromatic rings. The van der Waals surface area contributed by atoms with Gasteiger partial charge in [-0.1, -0.05) is 26.0 Å². The van der Waals surface area contributed by atoms with Crippen LogP contribution in [0.25, 0.3) is 11.2 Å². The zero-order chi connectivity index (χ0) is 25.6. The van der Waals surface area contributed by atoms with Gasteiger partial charge in [-0.25, -0.2) is 9.37 Å². The topological polar surface area (TPSA) is 79.8 Å². The Morgan fingerprint density at radius 3 is 2.69 bits per heavy atom. The number of ether oxygens (including phenoxy) is 2. The lowest BCUT2D eigenvalue weighted by Crippen LogP contribution is -2.09. The molecule has 2 aromatic heterocycles. The summed E-state index contributed by atoms with van der Waals surface area (Å²) < 4.78 is 27.3. The molecule has 36 heavy (non-hydrogen) atoms. The number of pyridine rings is 1. The molecular formula is C29H26FN3O3.